The quantitative estimate of drug-likeness (QED) is 0.535. The zero-order valence-corrected chi connectivity index (χ0v) is 18.7. The zero-order valence-electron chi connectivity index (χ0n) is 17.9. The van der Waals surface area contributed by atoms with E-state index in [1.807, 2.05) is 27.3 Å². The Morgan fingerprint density at radius 2 is 2.09 bits per heavy atom. The summed E-state index contributed by atoms with van der Waals surface area (Å²) in [7, 11) is 1.45. The Morgan fingerprint density at radius 3 is 2.79 bits per heavy atom. The maximum absolute atomic E-state index is 13.3. The highest BCUT2D eigenvalue weighted by Gasteiger charge is 2.32. The lowest BCUT2D eigenvalue weighted by Crippen LogP contribution is -2.38. The molecule has 12 nitrogen and oxygen atoms in total. The molecule has 33 heavy (non-hydrogen) atoms. The largest absolute Gasteiger partial charge is 0.480 e. The predicted molar refractivity (Wildman–Crippen MR) is 120 cm³/mol. The summed E-state index contributed by atoms with van der Waals surface area (Å²) in [6.45, 7) is 3.29. The second-order valence-corrected chi connectivity index (χ2v) is 8.51. The number of aliphatic hydroxyl groups is 1. The average molecular weight is 474 g/mol. The van der Waals surface area contributed by atoms with Gasteiger partial charge in [0.2, 0.25) is 11.8 Å². The number of ether oxygens (including phenoxy) is 2. The summed E-state index contributed by atoms with van der Waals surface area (Å²) in [5.41, 5.74) is 0.138. The number of carbonyl (C=O) groups is 1. The van der Waals surface area contributed by atoms with Crippen LogP contribution in [0.4, 0.5) is 17.8 Å². The van der Waals surface area contributed by atoms with Crippen molar-refractivity contribution < 1.29 is 23.8 Å². The van der Waals surface area contributed by atoms with Gasteiger partial charge in [-0.1, -0.05) is 11.2 Å². The van der Waals surface area contributed by atoms with Crippen LogP contribution in [0.1, 0.15) is 16.8 Å². The minimum absolute atomic E-state index is 0.0462. The molecular formula is C20H23N7O5S. The van der Waals surface area contributed by atoms with E-state index in [9.17, 15) is 9.90 Å². The molecule has 0 radical (unpaired) electrons. The maximum Gasteiger partial charge on any atom is 0.322 e. The van der Waals surface area contributed by atoms with Gasteiger partial charge in [0, 0.05) is 26.2 Å². The first-order valence-electron chi connectivity index (χ1n) is 10.5. The summed E-state index contributed by atoms with van der Waals surface area (Å²) in [4.78, 5) is 27.1. The highest BCUT2D eigenvalue weighted by molar-refractivity contribution is 7.13. The first-order chi connectivity index (χ1) is 16.1. The second kappa shape index (κ2) is 9.29. The van der Waals surface area contributed by atoms with Gasteiger partial charge in [-0.25, -0.2) is 0 Å². The Bertz CT molecular complexity index is 1120. The molecule has 0 unspecified atom stereocenters. The molecule has 0 saturated carbocycles. The van der Waals surface area contributed by atoms with Gasteiger partial charge in [0.15, 0.2) is 5.82 Å². The number of nitrogens with one attached hydrogen (secondary N) is 1. The van der Waals surface area contributed by atoms with Crippen molar-refractivity contribution in [3.8, 4) is 16.6 Å². The molecule has 2 aliphatic rings. The highest BCUT2D eigenvalue weighted by atomic mass is 32.1. The molecule has 13 heteroatoms. The number of anilines is 3. The van der Waals surface area contributed by atoms with Gasteiger partial charge < -0.3 is 28.8 Å². The monoisotopic (exact) mass is 473 g/mol. The third-order valence-electron chi connectivity index (χ3n) is 5.40. The van der Waals surface area contributed by atoms with Crippen molar-refractivity contribution in [1.82, 2.24) is 20.2 Å². The minimum atomic E-state index is -0.543. The fourth-order valence-corrected chi connectivity index (χ4v) is 4.41. The first-order valence-corrected chi connectivity index (χ1v) is 11.4. The van der Waals surface area contributed by atoms with E-state index in [0.29, 0.717) is 63.5 Å². The Kier molecular flexibility index (Phi) is 6.07. The molecule has 3 aromatic heterocycles. The predicted octanol–water partition coefficient (Wildman–Crippen LogP) is 1.26. The van der Waals surface area contributed by atoms with Gasteiger partial charge in [-0.05, 0) is 17.9 Å². The number of aromatic nitrogens is 4. The number of hydrogen-bond acceptors (Lipinski definition) is 12. The van der Waals surface area contributed by atoms with E-state index in [1.165, 1.54) is 18.4 Å². The number of hydrogen-bond donors (Lipinski definition) is 2. The Hall–Kier alpha value is -3.29. The van der Waals surface area contributed by atoms with Gasteiger partial charge in [0.1, 0.15) is 5.56 Å². The summed E-state index contributed by atoms with van der Waals surface area (Å²) in [6, 6.07) is 3.68. The maximum atomic E-state index is 13.3. The van der Waals surface area contributed by atoms with Crippen LogP contribution in [0.3, 0.4) is 0 Å². The van der Waals surface area contributed by atoms with Gasteiger partial charge >= 0.3 is 6.01 Å². The molecule has 5 heterocycles. The summed E-state index contributed by atoms with van der Waals surface area (Å²) in [6.07, 6.45) is 0.0756. The number of nitrogens with zero attached hydrogens (tertiary/aromatic N) is 6. The SMILES string of the molecule is COc1nc(N2CCOCC2)nc(N2CC[C@@H](O)C2)c1C(=O)Nc1nnc(-c2cccs2)o1. The fourth-order valence-electron chi connectivity index (χ4n) is 3.77. The summed E-state index contributed by atoms with van der Waals surface area (Å²) >= 11 is 1.45. The molecule has 3 aromatic rings. The Labute approximate surface area is 193 Å². The van der Waals surface area contributed by atoms with Crippen LogP contribution in [0, 0.1) is 0 Å². The highest BCUT2D eigenvalue weighted by Crippen LogP contribution is 2.32. The van der Waals surface area contributed by atoms with E-state index in [2.05, 4.69) is 20.5 Å². The van der Waals surface area contributed by atoms with E-state index < -0.39 is 12.0 Å². The minimum Gasteiger partial charge on any atom is -0.480 e. The van der Waals surface area contributed by atoms with E-state index in [-0.39, 0.29) is 17.5 Å². The van der Waals surface area contributed by atoms with Crippen LogP contribution in [0.2, 0.25) is 0 Å². The van der Waals surface area contributed by atoms with Crippen LogP contribution in [0.25, 0.3) is 10.8 Å². The van der Waals surface area contributed by atoms with Crippen molar-refractivity contribution in [3.63, 3.8) is 0 Å². The Balaban J connectivity index is 1.48. The number of amides is 1. The van der Waals surface area contributed by atoms with Gasteiger partial charge in [-0.3, -0.25) is 10.1 Å². The van der Waals surface area contributed by atoms with Crippen molar-refractivity contribution in [3.05, 3.63) is 23.1 Å². The van der Waals surface area contributed by atoms with Crippen molar-refractivity contribution in [2.45, 2.75) is 12.5 Å². The summed E-state index contributed by atoms with van der Waals surface area (Å²) in [5.74, 6) is 0.724. The molecule has 0 aromatic carbocycles. The fraction of sp³-hybridized carbons (Fsp3) is 0.450. The molecule has 2 N–H and O–H groups in total. The zero-order chi connectivity index (χ0) is 22.8. The van der Waals surface area contributed by atoms with Crippen LogP contribution in [-0.4, -0.2) is 83.8 Å². The molecule has 2 aliphatic heterocycles. The van der Waals surface area contributed by atoms with Crippen molar-refractivity contribution in [1.29, 1.82) is 0 Å². The second-order valence-electron chi connectivity index (χ2n) is 7.56. The van der Waals surface area contributed by atoms with Crippen LogP contribution < -0.4 is 19.9 Å². The lowest BCUT2D eigenvalue weighted by Gasteiger charge is -2.29. The smallest absolute Gasteiger partial charge is 0.322 e. The molecule has 2 saturated heterocycles. The standard InChI is InChI=1S/C20H23N7O5S/c1-30-18-14(16(29)22-20-25-24-17(32-20)13-3-2-10-33-13)15(27-5-4-12(28)11-27)21-19(23-18)26-6-8-31-9-7-26/h2-3,10,12,28H,4-9,11H2,1H3,(H,22,25,29)/t12-/m1/s1. The number of thiophene rings is 1. The molecule has 0 aliphatic carbocycles. The molecule has 1 atom stereocenters. The van der Waals surface area contributed by atoms with Crippen LogP contribution >= 0.6 is 11.3 Å². The van der Waals surface area contributed by atoms with Crippen LogP contribution in [0.5, 0.6) is 5.88 Å². The normalized spacial score (nSPS) is 18.5. The molecule has 1 amide bonds. The van der Waals surface area contributed by atoms with Crippen molar-refractivity contribution in [2.24, 2.45) is 0 Å². The van der Waals surface area contributed by atoms with Crippen LogP contribution in [-0.2, 0) is 4.74 Å². The lowest BCUT2D eigenvalue weighted by molar-refractivity contribution is 0.102. The average Bonchev–Trinajstić information content (AvgIpc) is 3.61. The van der Waals surface area contributed by atoms with Gasteiger partial charge in [-0.15, -0.1) is 16.4 Å². The number of methoxy groups -OCH3 is 1. The molecule has 5 rings (SSSR count). The number of rotatable bonds is 6. The van der Waals surface area contributed by atoms with Crippen molar-refractivity contribution in [2.75, 3.05) is 61.6 Å². The van der Waals surface area contributed by atoms with Gasteiger partial charge in [0.05, 0.1) is 31.3 Å². The molecule has 174 valence electrons. The van der Waals surface area contributed by atoms with E-state index in [1.54, 1.807) is 0 Å². The first kappa shape index (κ1) is 21.6. The number of carbonyl (C=O) groups excluding carboxylic acids is 1. The van der Waals surface area contributed by atoms with Gasteiger partial charge in [-0.2, -0.15) is 9.97 Å². The number of morpholine rings is 1. The van der Waals surface area contributed by atoms with E-state index in [4.69, 9.17) is 18.9 Å². The van der Waals surface area contributed by atoms with E-state index >= 15 is 0 Å². The molecule has 0 bridgehead atoms. The molecule has 0 spiro atoms. The summed E-state index contributed by atoms with van der Waals surface area (Å²) in [5, 5.41) is 22.5. The summed E-state index contributed by atoms with van der Waals surface area (Å²) < 4.78 is 16.5. The molecule has 2 fully saturated rings. The third kappa shape index (κ3) is 4.47. The number of β-amino-alcohol motifs (C(OH)–C–C–N with tert-alkyl or cyclic N) is 1. The van der Waals surface area contributed by atoms with E-state index in [0.717, 1.165) is 4.88 Å². The van der Waals surface area contributed by atoms with Crippen LogP contribution in [0.15, 0.2) is 21.9 Å². The lowest BCUT2D eigenvalue weighted by atomic mass is 10.2. The molecular weight excluding hydrogens is 450 g/mol. The Morgan fingerprint density at radius 1 is 1.24 bits per heavy atom. The van der Waals surface area contributed by atoms with Gasteiger partial charge in [0.25, 0.3) is 11.8 Å². The van der Waals surface area contributed by atoms with Crippen molar-refractivity contribution >= 4 is 35.0 Å². The topological polar surface area (TPSA) is 139 Å². The third-order valence-corrected chi connectivity index (χ3v) is 6.26. The number of aliphatic hydroxyl groups excluding tert-OH is 1.